The quantitative estimate of drug-likeness (QED) is 0.589. The largest absolute Gasteiger partial charge is 0.497 e. The molecule has 0 radical (unpaired) electrons. The van der Waals surface area contributed by atoms with Gasteiger partial charge >= 0.3 is 0 Å². The molecule has 0 amide bonds. The van der Waals surface area contributed by atoms with Gasteiger partial charge in [-0.15, -0.1) is 0 Å². The molecule has 2 atom stereocenters. The molecule has 1 aromatic carbocycles. The number of thiocarbonyl (C=S) groups is 1. The van der Waals surface area contributed by atoms with Gasteiger partial charge in [-0.1, -0.05) is 6.07 Å². The summed E-state index contributed by atoms with van der Waals surface area (Å²) in [5.74, 6) is 0.835. The maximum Gasteiger partial charge on any atom is 0.174 e. The molecule has 0 unspecified atom stereocenters. The Morgan fingerprint density at radius 2 is 1.87 bits per heavy atom. The molecule has 1 saturated heterocycles. The molecule has 2 aromatic heterocycles. The Balaban J connectivity index is 1.64. The van der Waals surface area contributed by atoms with E-state index in [9.17, 15) is 0 Å². The standard InChI is InChI=1S/C24H26N4OS/c1-15-14-20(16(2)27(15)17-7-8-17)23-22(21-6-4-5-13-25-21)26-24(30)28(23)18-9-11-19(29-3)12-10-18/h4-6,9-14,17,22-23H,7-8H2,1-3H3,(H,26,30)/t22-,23+/m1/s1. The predicted octanol–water partition coefficient (Wildman–Crippen LogP) is 5.02. The van der Waals surface area contributed by atoms with Gasteiger partial charge in [-0.25, -0.2) is 0 Å². The lowest BCUT2D eigenvalue weighted by Gasteiger charge is -2.28. The molecule has 1 N–H and O–H groups in total. The number of rotatable bonds is 5. The van der Waals surface area contributed by atoms with E-state index in [2.05, 4.69) is 57.9 Å². The van der Waals surface area contributed by atoms with E-state index in [0.717, 1.165) is 22.2 Å². The maximum atomic E-state index is 5.83. The third kappa shape index (κ3) is 3.16. The highest BCUT2D eigenvalue weighted by molar-refractivity contribution is 7.80. The fourth-order valence-electron chi connectivity index (χ4n) is 4.69. The molecule has 0 spiro atoms. The van der Waals surface area contributed by atoms with Crippen LogP contribution in [0, 0.1) is 13.8 Å². The zero-order valence-corrected chi connectivity index (χ0v) is 18.3. The van der Waals surface area contributed by atoms with E-state index in [1.807, 2.05) is 30.5 Å². The molecule has 5 nitrogen and oxygen atoms in total. The van der Waals surface area contributed by atoms with Crippen LogP contribution in [0.15, 0.2) is 54.7 Å². The van der Waals surface area contributed by atoms with Gasteiger partial charge in [-0.3, -0.25) is 4.98 Å². The number of nitrogens with one attached hydrogen (secondary N) is 1. The molecular formula is C24H26N4OS. The first-order valence-corrected chi connectivity index (χ1v) is 10.8. The number of benzene rings is 1. The Labute approximate surface area is 182 Å². The van der Waals surface area contributed by atoms with Crippen LogP contribution in [-0.2, 0) is 0 Å². The molecule has 1 aliphatic heterocycles. The van der Waals surface area contributed by atoms with E-state index in [1.165, 1.54) is 29.8 Å². The second kappa shape index (κ2) is 7.43. The van der Waals surface area contributed by atoms with Crippen LogP contribution >= 0.6 is 12.2 Å². The number of aryl methyl sites for hydroxylation is 1. The van der Waals surface area contributed by atoms with Gasteiger partial charge in [0.25, 0.3) is 0 Å². The number of anilines is 1. The van der Waals surface area contributed by atoms with Crippen molar-refractivity contribution in [1.29, 1.82) is 0 Å². The van der Waals surface area contributed by atoms with Crippen LogP contribution in [0.25, 0.3) is 0 Å². The second-order valence-electron chi connectivity index (χ2n) is 8.12. The van der Waals surface area contributed by atoms with E-state index in [-0.39, 0.29) is 12.1 Å². The summed E-state index contributed by atoms with van der Waals surface area (Å²) in [5, 5.41) is 4.27. The lowest BCUT2D eigenvalue weighted by Crippen LogP contribution is -2.29. The minimum atomic E-state index is -0.0195. The highest BCUT2D eigenvalue weighted by Crippen LogP contribution is 2.46. The Kier molecular flexibility index (Phi) is 4.74. The van der Waals surface area contributed by atoms with Gasteiger partial charge in [-0.2, -0.15) is 0 Å². The van der Waals surface area contributed by atoms with Gasteiger partial charge in [0.1, 0.15) is 5.75 Å². The number of methoxy groups -OCH3 is 1. The number of pyridine rings is 1. The van der Waals surface area contributed by atoms with Gasteiger partial charge in [0.05, 0.1) is 24.9 Å². The first-order chi connectivity index (χ1) is 14.6. The van der Waals surface area contributed by atoms with E-state index in [0.29, 0.717) is 6.04 Å². The highest BCUT2D eigenvalue weighted by Gasteiger charge is 2.42. The molecule has 154 valence electrons. The SMILES string of the molecule is COc1ccc(N2C(=S)N[C@H](c3ccccn3)[C@@H]2c2cc(C)n(C3CC3)c2C)cc1. The topological polar surface area (TPSA) is 42.3 Å². The van der Waals surface area contributed by atoms with Gasteiger partial charge in [-0.05, 0) is 86.9 Å². The Bertz CT molecular complexity index is 1070. The van der Waals surface area contributed by atoms with Crippen LogP contribution in [0.3, 0.4) is 0 Å². The van der Waals surface area contributed by atoms with E-state index < -0.39 is 0 Å². The van der Waals surface area contributed by atoms with Crippen molar-refractivity contribution in [2.75, 3.05) is 12.0 Å². The Morgan fingerprint density at radius 1 is 1.10 bits per heavy atom. The van der Waals surface area contributed by atoms with Crippen LogP contribution in [0.1, 0.15) is 53.6 Å². The fraction of sp³-hybridized carbons (Fsp3) is 0.333. The minimum absolute atomic E-state index is 0.0195. The van der Waals surface area contributed by atoms with Gasteiger partial charge < -0.3 is 19.5 Å². The third-order valence-electron chi connectivity index (χ3n) is 6.20. The molecule has 30 heavy (non-hydrogen) atoms. The van der Waals surface area contributed by atoms with Crippen molar-refractivity contribution < 1.29 is 4.74 Å². The van der Waals surface area contributed by atoms with Crippen molar-refractivity contribution in [3.05, 3.63) is 77.4 Å². The van der Waals surface area contributed by atoms with Gasteiger partial charge in [0, 0.05) is 29.3 Å². The van der Waals surface area contributed by atoms with Gasteiger partial charge in [0.15, 0.2) is 5.11 Å². The molecule has 6 heteroatoms. The Hall–Kier alpha value is -2.86. The fourth-order valence-corrected chi connectivity index (χ4v) is 5.03. The van der Waals surface area contributed by atoms with Crippen LogP contribution in [0.2, 0.25) is 0 Å². The number of nitrogens with zero attached hydrogens (tertiary/aromatic N) is 3. The lowest BCUT2D eigenvalue weighted by atomic mass is 9.96. The van der Waals surface area contributed by atoms with Crippen molar-refractivity contribution in [1.82, 2.24) is 14.9 Å². The summed E-state index contributed by atoms with van der Waals surface area (Å²) in [6, 6.07) is 17.1. The summed E-state index contributed by atoms with van der Waals surface area (Å²) < 4.78 is 7.85. The van der Waals surface area contributed by atoms with Crippen LogP contribution in [-0.4, -0.2) is 21.8 Å². The smallest absolute Gasteiger partial charge is 0.174 e. The average Bonchev–Trinajstić information content (AvgIpc) is 3.48. The molecule has 1 saturated carbocycles. The molecule has 1 aliphatic carbocycles. The summed E-state index contributed by atoms with van der Waals surface area (Å²) in [5.41, 5.74) is 5.99. The molecule has 3 heterocycles. The summed E-state index contributed by atoms with van der Waals surface area (Å²) in [6.07, 6.45) is 4.38. The molecule has 0 bridgehead atoms. The first kappa shape index (κ1) is 19.1. The van der Waals surface area contributed by atoms with E-state index >= 15 is 0 Å². The van der Waals surface area contributed by atoms with Crippen molar-refractivity contribution >= 4 is 23.0 Å². The lowest BCUT2D eigenvalue weighted by molar-refractivity contribution is 0.415. The van der Waals surface area contributed by atoms with Crippen LogP contribution in [0.5, 0.6) is 5.75 Å². The molecule has 5 rings (SSSR count). The third-order valence-corrected chi connectivity index (χ3v) is 6.52. The second-order valence-corrected chi connectivity index (χ2v) is 8.51. The predicted molar refractivity (Wildman–Crippen MR) is 123 cm³/mol. The maximum absolute atomic E-state index is 5.83. The van der Waals surface area contributed by atoms with Crippen molar-refractivity contribution in [2.24, 2.45) is 0 Å². The van der Waals surface area contributed by atoms with Crippen molar-refractivity contribution in [3.8, 4) is 5.75 Å². The molecule has 2 aliphatic rings. The summed E-state index contributed by atoms with van der Waals surface area (Å²) in [7, 11) is 1.68. The van der Waals surface area contributed by atoms with Crippen molar-refractivity contribution in [3.63, 3.8) is 0 Å². The summed E-state index contributed by atoms with van der Waals surface area (Å²) >= 11 is 5.83. The summed E-state index contributed by atoms with van der Waals surface area (Å²) in [4.78, 5) is 6.89. The molecular weight excluding hydrogens is 392 g/mol. The van der Waals surface area contributed by atoms with Crippen molar-refractivity contribution in [2.45, 2.75) is 44.8 Å². The zero-order chi connectivity index (χ0) is 20.8. The van der Waals surface area contributed by atoms with E-state index in [1.54, 1.807) is 7.11 Å². The zero-order valence-electron chi connectivity index (χ0n) is 17.5. The Morgan fingerprint density at radius 3 is 2.50 bits per heavy atom. The van der Waals surface area contributed by atoms with Crippen LogP contribution in [0.4, 0.5) is 5.69 Å². The summed E-state index contributed by atoms with van der Waals surface area (Å²) in [6.45, 7) is 4.45. The molecule has 3 aromatic rings. The average molecular weight is 419 g/mol. The van der Waals surface area contributed by atoms with E-state index in [4.69, 9.17) is 17.0 Å². The number of ether oxygens (including phenoxy) is 1. The molecule has 2 fully saturated rings. The van der Waals surface area contributed by atoms with Crippen LogP contribution < -0.4 is 15.0 Å². The number of aromatic nitrogens is 2. The number of hydrogen-bond donors (Lipinski definition) is 1. The normalized spacial score (nSPS) is 21.0. The minimum Gasteiger partial charge on any atom is -0.497 e. The monoisotopic (exact) mass is 418 g/mol. The first-order valence-electron chi connectivity index (χ1n) is 10.4. The van der Waals surface area contributed by atoms with Gasteiger partial charge in [0.2, 0.25) is 0 Å². The highest BCUT2D eigenvalue weighted by atomic mass is 32.1. The number of hydrogen-bond acceptors (Lipinski definition) is 3.